The Labute approximate surface area is 195 Å². The lowest BCUT2D eigenvalue weighted by Gasteiger charge is -2.25. The second kappa shape index (κ2) is 8.62. The highest BCUT2D eigenvalue weighted by molar-refractivity contribution is 7.10. The van der Waals surface area contributed by atoms with Gasteiger partial charge in [-0.25, -0.2) is 4.79 Å². The van der Waals surface area contributed by atoms with Gasteiger partial charge < -0.3 is 16.0 Å². The van der Waals surface area contributed by atoms with Crippen LogP contribution in [0.25, 0.3) is 0 Å². The summed E-state index contributed by atoms with van der Waals surface area (Å²) in [6.07, 6.45) is 3.90. The van der Waals surface area contributed by atoms with E-state index >= 15 is 0 Å². The molecular weight excluding hydrogens is 440 g/mol. The Morgan fingerprint density at radius 2 is 1.85 bits per heavy atom. The van der Waals surface area contributed by atoms with Crippen molar-refractivity contribution in [1.82, 2.24) is 20.9 Å². The Balaban J connectivity index is 1.29. The van der Waals surface area contributed by atoms with Gasteiger partial charge in [-0.1, -0.05) is 36.4 Å². The van der Waals surface area contributed by atoms with Crippen LogP contribution < -0.4 is 16.0 Å². The molecule has 8 nitrogen and oxygen atoms in total. The molecule has 5 amide bonds. The molecule has 1 aromatic carbocycles. The molecule has 1 aromatic heterocycles. The molecule has 172 valence electrons. The highest BCUT2D eigenvalue weighted by Gasteiger charge is 2.61. The number of benzene rings is 1. The van der Waals surface area contributed by atoms with Crippen LogP contribution in [0.15, 0.2) is 47.8 Å². The fourth-order valence-electron chi connectivity index (χ4n) is 4.37. The number of nitrogens with zero attached hydrogens (tertiary/aromatic N) is 1. The van der Waals surface area contributed by atoms with Crippen molar-refractivity contribution < 1.29 is 19.2 Å². The molecule has 0 radical (unpaired) electrons. The molecule has 33 heavy (non-hydrogen) atoms. The minimum absolute atomic E-state index is 0.0378. The van der Waals surface area contributed by atoms with Crippen LogP contribution >= 0.6 is 11.3 Å². The van der Waals surface area contributed by atoms with Crippen molar-refractivity contribution in [3.8, 4) is 0 Å². The summed E-state index contributed by atoms with van der Waals surface area (Å²) in [5.41, 5.74) is -0.174. The smallest absolute Gasteiger partial charge is 0.325 e. The maximum Gasteiger partial charge on any atom is 0.325 e. The van der Waals surface area contributed by atoms with Crippen LogP contribution in [0.5, 0.6) is 0 Å². The van der Waals surface area contributed by atoms with Gasteiger partial charge in [0.2, 0.25) is 11.8 Å². The van der Waals surface area contributed by atoms with Gasteiger partial charge in [0.1, 0.15) is 12.6 Å². The normalized spacial score (nSPS) is 23.2. The van der Waals surface area contributed by atoms with E-state index in [4.69, 9.17) is 0 Å². The molecule has 3 fully saturated rings. The molecular formula is C24H26N4O4S. The lowest BCUT2D eigenvalue weighted by Crippen LogP contribution is -2.52. The van der Waals surface area contributed by atoms with Gasteiger partial charge in [0.25, 0.3) is 5.91 Å². The minimum Gasteiger partial charge on any atom is -0.352 e. The monoisotopic (exact) mass is 466 g/mol. The Morgan fingerprint density at radius 1 is 1.09 bits per heavy atom. The van der Waals surface area contributed by atoms with Gasteiger partial charge in [0.05, 0.1) is 0 Å². The third-order valence-electron chi connectivity index (χ3n) is 6.39. The molecule has 2 atom stereocenters. The maximum absolute atomic E-state index is 13.4. The number of carbonyl (C=O) groups excluding carboxylic acids is 4. The van der Waals surface area contributed by atoms with Crippen LogP contribution in [-0.4, -0.2) is 47.3 Å². The van der Waals surface area contributed by atoms with Crippen molar-refractivity contribution >= 4 is 35.1 Å². The molecule has 1 saturated heterocycles. The van der Waals surface area contributed by atoms with Crippen LogP contribution in [0.3, 0.4) is 0 Å². The summed E-state index contributed by atoms with van der Waals surface area (Å²) in [7, 11) is 0. The fourth-order valence-corrected chi connectivity index (χ4v) is 5.33. The summed E-state index contributed by atoms with van der Waals surface area (Å²) in [4.78, 5) is 53.6. The van der Waals surface area contributed by atoms with E-state index in [9.17, 15) is 19.2 Å². The third kappa shape index (κ3) is 4.37. The molecule has 2 unspecified atom stereocenters. The summed E-state index contributed by atoms with van der Waals surface area (Å²) in [5, 5.41) is 10.4. The summed E-state index contributed by atoms with van der Waals surface area (Å²) in [6.45, 7) is -0.424. The molecule has 9 heteroatoms. The Morgan fingerprint density at radius 3 is 2.48 bits per heavy atom. The average molecular weight is 467 g/mol. The first-order chi connectivity index (χ1) is 16.0. The second-order valence-corrected chi connectivity index (χ2v) is 9.92. The molecule has 5 rings (SSSR count). The molecule has 2 aliphatic carbocycles. The second-order valence-electron chi connectivity index (χ2n) is 8.97. The van der Waals surface area contributed by atoms with Crippen LogP contribution in [-0.2, 0) is 26.3 Å². The van der Waals surface area contributed by atoms with E-state index < -0.39 is 36.0 Å². The number of amides is 5. The van der Waals surface area contributed by atoms with Crippen molar-refractivity contribution in [2.45, 2.75) is 49.7 Å². The topological polar surface area (TPSA) is 108 Å². The average Bonchev–Trinajstić information content (AvgIpc) is 3.73. The predicted octanol–water partition coefficient (Wildman–Crippen LogP) is 1.91. The van der Waals surface area contributed by atoms with Gasteiger partial charge in [-0.2, -0.15) is 0 Å². The van der Waals surface area contributed by atoms with Crippen LogP contribution in [0.2, 0.25) is 0 Å². The van der Waals surface area contributed by atoms with E-state index in [0.29, 0.717) is 6.42 Å². The maximum atomic E-state index is 13.4. The standard InChI is InChI=1S/C24H26N4O4S/c29-20(26-18(21(30)25-17-10-11-17)13-15-5-2-1-3-6-15)14-28-22(31)24(16-8-9-16,27-23(28)32)19-7-4-12-33-19/h1-7,12,16-18H,8-11,13-14H2,(H,25,30)(H,26,29)(H,27,32). The number of rotatable bonds is 9. The van der Waals surface area contributed by atoms with Crippen LogP contribution in [0.4, 0.5) is 4.79 Å². The summed E-state index contributed by atoms with van der Waals surface area (Å²) in [6, 6.07) is 11.9. The number of carbonyl (C=O) groups is 4. The van der Waals surface area contributed by atoms with Gasteiger partial charge in [-0.05, 0) is 48.6 Å². The zero-order chi connectivity index (χ0) is 23.0. The van der Waals surface area contributed by atoms with E-state index in [-0.39, 0.29) is 17.9 Å². The van der Waals surface area contributed by atoms with Gasteiger partial charge in [-0.15, -0.1) is 11.3 Å². The summed E-state index contributed by atoms with van der Waals surface area (Å²) in [5.74, 6) is -1.15. The number of imide groups is 1. The highest BCUT2D eigenvalue weighted by Crippen LogP contribution is 2.50. The summed E-state index contributed by atoms with van der Waals surface area (Å²) < 4.78 is 0. The first-order valence-corrected chi connectivity index (χ1v) is 12.2. The lowest BCUT2D eigenvalue weighted by molar-refractivity contribution is -0.136. The van der Waals surface area contributed by atoms with Gasteiger partial charge >= 0.3 is 6.03 Å². The van der Waals surface area contributed by atoms with Gasteiger partial charge in [0, 0.05) is 17.3 Å². The molecule has 2 heterocycles. The van der Waals surface area contributed by atoms with E-state index in [2.05, 4.69) is 16.0 Å². The molecule has 1 aliphatic heterocycles. The quantitative estimate of drug-likeness (QED) is 0.491. The summed E-state index contributed by atoms with van der Waals surface area (Å²) >= 11 is 1.43. The first-order valence-electron chi connectivity index (χ1n) is 11.3. The van der Waals surface area contributed by atoms with Crippen LogP contribution in [0.1, 0.15) is 36.1 Å². The Bertz CT molecular complexity index is 1070. The molecule has 0 spiro atoms. The van der Waals surface area contributed by atoms with Crippen molar-refractivity contribution in [2.24, 2.45) is 5.92 Å². The van der Waals surface area contributed by atoms with E-state index in [1.807, 2.05) is 47.8 Å². The largest absolute Gasteiger partial charge is 0.352 e. The zero-order valence-corrected chi connectivity index (χ0v) is 18.9. The molecule has 3 aliphatic rings. The van der Waals surface area contributed by atoms with E-state index in [1.165, 1.54) is 11.3 Å². The number of hydrogen-bond acceptors (Lipinski definition) is 5. The number of nitrogens with one attached hydrogen (secondary N) is 3. The molecule has 2 saturated carbocycles. The minimum atomic E-state index is -1.09. The van der Waals surface area contributed by atoms with Crippen molar-refractivity contribution in [3.63, 3.8) is 0 Å². The number of urea groups is 1. The van der Waals surface area contributed by atoms with Gasteiger partial charge in [-0.3, -0.25) is 19.3 Å². The molecule has 2 aromatic rings. The van der Waals surface area contributed by atoms with Crippen molar-refractivity contribution in [1.29, 1.82) is 0 Å². The SMILES string of the molecule is O=C(CN1C(=O)NC(c2cccs2)(C2CC2)C1=O)NC(Cc1ccccc1)C(=O)NC1CC1. The fraction of sp³-hybridized carbons (Fsp3) is 0.417. The third-order valence-corrected chi connectivity index (χ3v) is 7.40. The number of thiophene rings is 1. The predicted molar refractivity (Wildman–Crippen MR) is 122 cm³/mol. The Hall–Kier alpha value is -3.20. The lowest BCUT2D eigenvalue weighted by atomic mass is 9.91. The van der Waals surface area contributed by atoms with Crippen LogP contribution in [0, 0.1) is 5.92 Å². The van der Waals surface area contributed by atoms with Crippen molar-refractivity contribution in [3.05, 3.63) is 58.3 Å². The molecule has 0 bridgehead atoms. The van der Waals surface area contributed by atoms with E-state index in [0.717, 1.165) is 41.0 Å². The van der Waals surface area contributed by atoms with Gasteiger partial charge in [0.15, 0.2) is 5.54 Å². The zero-order valence-electron chi connectivity index (χ0n) is 18.1. The number of hydrogen-bond donors (Lipinski definition) is 3. The first kappa shape index (κ1) is 21.6. The van der Waals surface area contributed by atoms with E-state index in [1.54, 1.807) is 0 Å². The highest BCUT2D eigenvalue weighted by atomic mass is 32.1. The van der Waals surface area contributed by atoms with Crippen molar-refractivity contribution in [2.75, 3.05) is 6.54 Å². The molecule has 3 N–H and O–H groups in total. The Kier molecular flexibility index (Phi) is 5.65.